The van der Waals surface area contributed by atoms with E-state index < -0.39 is 0 Å². The van der Waals surface area contributed by atoms with Crippen LogP contribution in [0.2, 0.25) is 0 Å². The summed E-state index contributed by atoms with van der Waals surface area (Å²) >= 11 is 0. The second kappa shape index (κ2) is 8.06. The maximum atomic E-state index is 4.05. The highest BCUT2D eigenvalue weighted by molar-refractivity contribution is 4.99. The first-order valence-electron chi connectivity index (χ1n) is 8.05. The van der Waals surface area contributed by atoms with E-state index >= 15 is 0 Å². The van der Waals surface area contributed by atoms with Gasteiger partial charge in [0.2, 0.25) is 0 Å². The van der Waals surface area contributed by atoms with Crippen LogP contribution in [-0.4, -0.2) is 30.0 Å². The summed E-state index contributed by atoms with van der Waals surface area (Å²) in [6.45, 7) is 16.9. The van der Waals surface area contributed by atoms with Crippen molar-refractivity contribution in [3.63, 3.8) is 0 Å². The number of rotatable bonds is 4. The van der Waals surface area contributed by atoms with Gasteiger partial charge in [0.05, 0.1) is 11.4 Å². The largest absolute Gasteiger partial charge is 0.250 e. The van der Waals surface area contributed by atoms with Crippen molar-refractivity contribution in [3.05, 3.63) is 23.8 Å². The number of nitrogens with zero attached hydrogens (tertiary/aromatic N) is 6. The van der Waals surface area contributed by atoms with Crippen LogP contribution in [0.15, 0.2) is 12.4 Å². The van der Waals surface area contributed by atoms with Crippen molar-refractivity contribution in [2.75, 3.05) is 0 Å². The summed E-state index contributed by atoms with van der Waals surface area (Å²) < 4.78 is 3.77. The SMILES string of the molecule is CC(C)c1cn(C(C)C)nn1.CC(C)c1cn(C(C)C)nn1. The monoisotopic (exact) mass is 306 g/mol. The van der Waals surface area contributed by atoms with Crippen molar-refractivity contribution in [3.8, 4) is 0 Å². The molecule has 6 heteroatoms. The molecule has 0 spiro atoms. The minimum Gasteiger partial charge on any atom is -0.250 e. The molecule has 0 N–H and O–H groups in total. The molecule has 0 saturated carbocycles. The van der Waals surface area contributed by atoms with Gasteiger partial charge in [0.1, 0.15) is 0 Å². The van der Waals surface area contributed by atoms with Crippen LogP contribution >= 0.6 is 0 Å². The first-order chi connectivity index (χ1) is 10.2. The number of hydrogen-bond acceptors (Lipinski definition) is 4. The molecule has 0 saturated heterocycles. The lowest BCUT2D eigenvalue weighted by atomic mass is 10.2. The van der Waals surface area contributed by atoms with Gasteiger partial charge in [-0.3, -0.25) is 0 Å². The Labute approximate surface area is 133 Å². The lowest BCUT2D eigenvalue weighted by Gasteiger charge is -2.01. The maximum absolute atomic E-state index is 4.05. The van der Waals surface area contributed by atoms with Crippen LogP contribution in [0.4, 0.5) is 0 Å². The summed E-state index contributed by atoms with van der Waals surface area (Å²) in [7, 11) is 0. The van der Waals surface area contributed by atoms with E-state index in [2.05, 4.69) is 76.0 Å². The van der Waals surface area contributed by atoms with Crippen molar-refractivity contribution >= 4 is 0 Å². The third kappa shape index (κ3) is 5.24. The van der Waals surface area contributed by atoms with Crippen LogP contribution in [0.3, 0.4) is 0 Å². The molecule has 0 bridgehead atoms. The lowest BCUT2D eigenvalue weighted by molar-refractivity contribution is 0.514. The molecule has 2 heterocycles. The zero-order valence-electron chi connectivity index (χ0n) is 15.1. The Morgan fingerprint density at radius 3 is 1.09 bits per heavy atom. The smallest absolute Gasteiger partial charge is 0.0852 e. The Morgan fingerprint density at radius 1 is 0.636 bits per heavy atom. The molecule has 0 aliphatic rings. The van der Waals surface area contributed by atoms with Crippen LogP contribution in [0.25, 0.3) is 0 Å². The van der Waals surface area contributed by atoms with Crippen LogP contribution in [-0.2, 0) is 0 Å². The average molecular weight is 306 g/mol. The van der Waals surface area contributed by atoms with E-state index in [1.165, 1.54) is 0 Å². The predicted octanol–water partition coefficient (Wildman–Crippen LogP) is 3.96. The van der Waals surface area contributed by atoms with Gasteiger partial charge in [-0.2, -0.15) is 0 Å². The summed E-state index contributed by atoms with van der Waals surface area (Å²) in [4.78, 5) is 0. The fraction of sp³-hybridized carbons (Fsp3) is 0.750. The summed E-state index contributed by atoms with van der Waals surface area (Å²) in [6, 6.07) is 0.824. The van der Waals surface area contributed by atoms with Crippen molar-refractivity contribution in [1.29, 1.82) is 0 Å². The van der Waals surface area contributed by atoms with Gasteiger partial charge in [0.15, 0.2) is 0 Å². The molecule has 6 nitrogen and oxygen atoms in total. The molecule has 0 aliphatic carbocycles. The highest BCUT2D eigenvalue weighted by atomic mass is 15.4. The van der Waals surface area contributed by atoms with Crippen molar-refractivity contribution in [2.24, 2.45) is 0 Å². The molecule has 0 aliphatic heterocycles. The van der Waals surface area contributed by atoms with Gasteiger partial charge < -0.3 is 0 Å². The van der Waals surface area contributed by atoms with Crippen molar-refractivity contribution < 1.29 is 0 Å². The van der Waals surface area contributed by atoms with Gasteiger partial charge in [0, 0.05) is 24.5 Å². The Balaban J connectivity index is 0.000000220. The molecular formula is C16H30N6. The maximum Gasteiger partial charge on any atom is 0.0852 e. The van der Waals surface area contributed by atoms with E-state index in [1.807, 2.05) is 21.8 Å². The van der Waals surface area contributed by atoms with Crippen molar-refractivity contribution in [1.82, 2.24) is 30.0 Å². The van der Waals surface area contributed by atoms with E-state index in [4.69, 9.17) is 0 Å². The normalized spacial score (nSPS) is 11.5. The van der Waals surface area contributed by atoms with Gasteiger partial charge >= 0.3 is 0 Å². The molecule has 0 amide bonds. The molecule has 0 atom stereocenters. The topological polar surface area (TPSA) is 61.4 Å². The molecule has 22 heavy (non-hydrogen) atoms. The van der Waals surface area contributed by atoms with E-state index in [-0.39, 0.29) is 0 Å². The molecular weight excluding hydrogens is 276 g/mol. The molecule has 2 rings (SSSR count). The van der Waals surface area contributed by atoms with Gasteiger partial charge in [-0.25, -0.2) is 9.36 Å². The fourth-order valence-electron chi connectivity index (χ4n) is 1.61. The third-order valence-electron chi connectivity index (χ3n) is 3.30. The summed E-state index contributed by atoms with van der Waals surface area (Å²) in [5, 5.41) is 16.1. The van der Waals surface area contributed by atoms with Gasteiger partial charge in [-0.05, 0) is 39.5 Å². The van der Waals surface area contributed by atoms with Crippen LogP contribution in [0.1, 0.15) is 90.7 Å². The van der Waals surface area contributed by atoms with E-state index in [1.54, 1.807) is 0 Å². The molecule has 124 valence electrons. The predicted molar refractivity (Wildman–Crippen MR) is 89.0 cm³/mol. The van der Waals surface area contributed by atoms with E-state index in [0.29, 0.717) is 23.9 Å². The van der Waals surface area contributed by atoms with Gasteiger partial charge in [0.25, 0.3) is 0 Å². The zero-order valence-corrected chi connectivity index (χ0v) is 15.1. The van der Waals surface area contributed by atoms with Gasteiger partial charge in [-0.15, -0.1) is 10.2 Å². The molecule has 2 aromatic heterocycles. The van der Waals surface area contributed by atoms with Crippen LogP contribution in [0.5, 0.6) is 0 Å². The zero-order chi connectivity index (χ0) is 16.9. The first-order valence-corrected chi connectivity index (χ1v) is 8.05. The highest BCUT2D eigenvalue weighted by Gasteiger charge is 2.06. The Morgan fingerprint density at radius 2 is 0.955 bits per heavy atom. The average Bonchev–Trinajstić information content (AvgIpc) is 3.09. The Hall–Kier alpha value is -1.72. The van der Waals surface area contributed by atoms with E-state index in [9.17, 15) is 0 Å². The quantitative estimate of drug-likeness (QED) is 0.857. The fourth-order valence-corrected chi connectivity index (χ4v) is 1.61. The molecule has 2 aromatic rings. The second-order valence-electron chi connectivity index (χ2n) is 6.74. The molecule has 0 aromatic carbocycles. The minimum absolute atomic E-state index is 0.412. The molecule has 0 unspecified atom stereocenters. The third-order valence-corrected chi connectivity index (χ3v) is 3.30. The molecule has 0 radical (unpaired) electrons. The lowest BCUT2D eigenvalue weighted by Crippen LogP contribution is -2.00. The summed E-state index contributed by atoms with van der Waals surface area (Å²) in [5.74, 6) is 0.949. The van der Waals surface area contributed by atoms with Gasteiger partial charge in [-0.1, -0.05) is 38.1 Å². The summed E-state index contributed by atoms with van der Waals surface area (Å²) in [5.41, 5.74) is 2.14. The number of aromatic nitrogens is 6. The number of hydrogen-bond donors (Lipinski definition) is 0. The second-order valence-corrected chi connectivity index (χ2v) is 6.74. The van der Waals surface area contributed by atoms with Crippen LogP contribution < -0.4 is 0 Å². The Bertz CT molecular complexity index is 455. The molecule has 0 fully saturated rings. The Kier molecular flexibility index (Phi) is 6.71. The van der Waals surface area contributed by atoms with Crippen LogP contribution in [0, 0.1) is 0 Å². The summed E-state index contributed by atoms with van der Waals surface area (Å²) in [6.07, 6.45) is 4.02. The standard InChI is InChI=1S/2C8H15N3/c2*1-6(2)8-5-11(7(3)4)10-9-8/h2*5-7H,1-4H3. The van der Waals surface area contributed by atoms with Crippen molar-refractivity contribution in [2.45, 2.75) is 79.3 Å². The minimum atomic E-state index is 0.412. The highest BCUT2D eigenvalue weighted by Crippen LogP contribution is 2.12. The van der Waals surface area contributed by atoms with E-state index in [0.717, 1.165) is 11.4 Å². The first kappa shape index (κ1) is 18.3.